The number of aromatic nitrogens is 2. The first-order chi connectivity index (χ1) is 8.70. The Bertz CT molecular complexity index is 546. The van der Waals surface area contributed by atoms with Crippen molar-refractivity contribution < 1.29 is 0 Å². The van der Waals surface area contributed by atoms with Gasteiger partial charge < -0.3 is 9.88 Å². The molecule has 3 nitrogen and oxygen atoms in total. The Balaban J connectivity index is 1.99. The fraction of sp³-hybridized carbons (Fsp3) is 0.500. The van der Waals surface area contributed by atoms with Crippen LogP contribution in [0.25, 0.3) is 0 Å². The van der Waals surface area contributed by atoms with Crippen LogP contribution in [0.1, 0.15) is 39.3 Å². The topological polar surface area (TPSA) is 29.9 Å². The van der Waals surface area contributed by atoms with E-state index in [4.69, 9.17) is 0 Å². The third kappa shape index (κ3) is 1.80. The summed E-state index contributed by atoms with van der Waals surface area (Å²) in [7, 11) is 4.11. The molecule has 0 bridgehead atoms. The molecule has 0 amide bonds. The van der Waals surface area contributed by atoms with E-state index in [-0.39, 0.29) is 6.04 Å². The largest absolute Gasteiger partial charge is 0.334 e. The summed E-state index contributed by atoms with van der Waals surface area (Å²) in [5.74, 6) is 1.06. The van der Waals surface area contributed by atoms with Gasteiger partial charge in [0.1, 0.15) is 5.82 Å². The first-order valence-corrected chi connectivity index (χ1v) is 7.29. The normalized spacial score (nSPS) is 15.9. The Hall–Kier alpha value is -1.13. The zero-order chi connectivity index (χ0) is 12.7. The Morgan fingerprint density at radius 1 is 1.44 bits per heavy atom. The predicted octanol–water partition coefficient (Wildman–Crippen LogP) is 2.59. The van der Waals surface area contributed by atoms with Crippen LogP contribution >= 0.6 is 11.3 Å². The van der Waals surface area contributed by atoms with E-state index in [2.05, 4.69) is 28.0 Å². The SMILES string of the molecule is CNC(c1cc2c(s1)CCC2)c1cnc(C)n1C. The summed E-state index contributed by atoms with van der Waals surface area (Å²) in [6, 6.07) is 2.66. The lowest BCUT2D eigenvalue weighted by Gasteiger charge is -2.15. The van der Waals surface area contributed by atoms with Gasteiger partial charge in [0.15, 0.2) is 0 Å². The maximum atomic E-state index is 4.40. The third-order valence-corrected chi connectivity index (χ3v) is 5.19. The molecule has 2 heterocycles. The highest BCUT2D eigenvalue weighted by molar-refractivity contribution is 7.12. The van der Waals surface area contributed by atoms with Gasteiger partial charge in [-0.15, -0.1) is 11.3 Å². The Kier molecular flexibility index (Phi) is 2.99. The van der Waals surface area contributed by atoms with Crippen LogP contribution in [0.5, 0.6) is 0 Å². The van der Waals surface area contributed by atoms with E-state index >= 15 is 0 Å². The van der Waals surface area contributed by atoms with Gasteiger partial charge in [0.05, 0.1) is 17.9 Å². The third-order valence-electron chi connectivity index (χ3n) is 3.89. The second-order valence-electron chi connectivity index (χ2n) is 4.96. The Labute approximate surface area is 112 Å². The number of nitrogens with zero attached hydrogens (tertiary/aromatic N) is 2. The van der Waals surface area contributed by atoms with Crippen LogP contribution < -0.4 is 5.32 Å². The van der Waals surface area contributed by atoms with E-state index in [0.29, 0.717) is 0 Å². The zero-order valence-corrected chi connectivity index (χ0v) is 12.0. The van der Waals surface area contributed by atoms with E-state index in [0.717, 1.165) is 5.82 Å². The van der Waals surface area contributed by atoms with Gasteiger partial charge in [-0.05, 0) is 44.9 Å². The van der Waals surface area contributed by atoms with Gasteiger partial charge in [-0.2, -0.15) is 0 Å². The lowest BCUT2D eigenvalue weighted by Crippen LogP contribution is -2.19. The van der Waals surface area contributed by atoms with Crippen LogP contribution in [0, 0.1) is 6.92 Å². The van der Waals surface area contributed by atoms with Gasteiger partial charge in [0, 0.05) is 16.8 Å². The highest BCUT2D eigenvalue weighted by atomic mass is 32.1. The molecule has 0 spiro atoms. The van der Waals surface area contributed by atoms with Crippen molar-refractivity contribution in [3.63, 3.8) is 0 Å². The maximum absolute atomic E-state index is 4.40. The van der Waals surface area contributed by atoms with Crippen molar-refractivity contribution in [2.45, 2.75) is 32.2 Å². The Morgan fingerprint density at radius 2 is 2.28 bits per heavy atom. The molecule has 1 atom stereocenters. The summed E-state index contributed by atoms with van der Waals surface area (Å²) < 4.78 is 2.17. The molecule has 4 heteroatoms. The minimum Gasteiger partial charge on any atom is -0.334 e. The summed E-state index contributed by atoms with van der Waals surface area (Å²) in [4.78, 5) is 7.41. The smallest absolute Gasteiger partial charge is 0.105 e. The quantitative estimate of drug-likeness (QED) is 0.920. The molecule has 3 rings (SSSR count). The van der Waals surface area contributed by atoms with E-state index in [1.54, 1.807) is 10.4 Å². The number of nitrogens with one attached hydrogen (secondary N) is 1. The Morgan fingerprint density at radius 3 is 2.89 bits per heavy atom. The molecule has 1 unspecified atom stereocenters. The fourth-order valence-corrected chi connectivity index (χ4v) is 4.10. The molecule has 0 aliphatic heterocycles. The average molecular weight is 261 g/mol. The second-order valence-corrected chi connectivity index (χ2v) is 6.13. The molecule has 96 valence electrons. The lowest BCUT2D eigenvalue weighted by atomic mass is 10.1. The molecule has 2 aromatic rings. The molecule has 0 saturated carbocycles. The predicted molar refractivity (Wildman–Crippen MR) is 75.2 cm³/mol. The molecular weight excluding hydrogens is 242 g/mol. The van der Waals surface area contributed by atoms with Crippen molar-refractivity contribution in [3.8, 4) is 0 Å². The van der Waals surface area contributed by atoms with Crippen molar-refractivity contribution in [2.75, 3.05) is 7.05 Å². The van der Waals surface area contributed by atoms with Crippen LogP contribution in [0.3, 0.4) is 0 Å². The van der Waals surface area contributed by atoms with Gasteiger partial charge in [0.2, 0.25) is 0 Å². The van der Waals surface area contributed by atoms with Gasteiger partial charge in [0.25, 0.3) is 0 Å². The van der Waals surface area contributed by atoms with E-state index in [1.807, 2.05) is 31.5 Å². The van der Waals surface area contributed by atoms with Crippen molar-refractivity contribution in [2.24, 2.45) is 7.05 Å². The molecular formula is C14H19N3S. The molecule has 1 aliphatic rings. The van der Waals surface area contributed by atoms with Crippen molar-refractivity contribution in [1.29, 1.82) is 0 Å². The zero-order valence-electron chi connectivity index (χ0n) is 11.2. The number of imidazole rings is 1. The average Bonchev–Trinajstić information content (AvgIpc) is 3.00. The van der Waals surface area contributed by atoms with Crippen LogP contribution in [0.15, 0.2) is 12.3 Å². The van der Waals surface area contributed by atoms with Crippen molar-refractivity contribution >= 4 is 11.3 Å². The van der Waals surface area contributed by atoms with E-state index < -0.39 is 0 Å². The van der Waals surface area contributed by atoms with E-state index in [9.17, 15) is 0 Å². The van der Waals surface area contributed by atoms with Crippen LogP contribution in [0.4, 0.5) is 0 Å². The van der Waals surface area contributed by atoms with E-state index in [1.165, 1.54) is 29.8 Å². The minimum atomic E-state index is 0.270. The summed E-state index contributed by atoms with van der Waals surface area (Å²) in [5, 5.41) is 3.43. The molecule has 1 N–H and O–H groups in total. The summed E-state index contributed by atoms with van der Waals surface area (Å²) in [6.45, 7) is 2.05. The number of hydrogen-bond donors (Lipinski definition) is 1. The number of hydrogen-bond acceptors (Lipinski definition) is 3. The monoisotopic (exact) mass is 261 g/mol. The van der Waals surface area contributed by atoms with Gasteiger partial charge in [-0.3, -0.25) is 0 Å². The fourth-order valence-electron chi connectivity index (χ4n) is 2.72. The number of fused-ring (bicyclic) bond motifs is 1. The maximum Gasteiger partial charge on any atom is 0.105 e. The van der Waals surface area contributed by atoms with Gasteiger partial charge in [-0.25, -0.2) is 4.98 Å². The number of thiophene rings is 1. The van der Waals surface area contributed by atoms with Crippen LogP contribution in [-0.2, 0) is 19.9 Å². The minimum absolute atomic E-state index is 0.270. The first-order valence-electron chi connectivity index (χ1n) is 6.47. The lowest BCUT2D eigenvalue weighted by molar-refractivity contribution is 0.640. The highest BCUT2D eigenvalue weighted by Gasteiger charge is 2.22. The van der Waals surface area contributed by atoms with Crippen LogP contribution in [0.2, 0.25) is 0 Å². The van der Waals surface area contributed by atoms with Crippen LogP contribution in [-0.4, -0.2) is 16.6 Å². The second kappa shape index (κ2) is 4.52. The highest BCUT2D eigenvalue weighted by Crippen LogP contribution is 2.35. The van der Waals surface area contributed by atoms with Crippen molar-refractivity contribution in [1.82, 2.24) is 14.9 Å². The molecule has 0 saturated heterocycles. The van der Waals surface area contributed by atoms with Gasteiger partial charge >= 0.3 is 0 Å². The molecule has 18 heavy (non-hydrogen) atoms. The molecule has 0 radical (unpaired) electrons. The number of aryl methyl sites for hydroxylation is 3. The molecule has 0 fully saturated rings. The standard InChI is InChI=1S/C14H19N3S/c1-9-16-8-11(17(9)3)14(15-2)13-7-10-5-4-6-12(10)18-13/h7-8,14-15H,4-6H2,1-3H3. The van der Waals surface area contributed by atoms with Crippen molar-refractivity contribution in [3.05, 3.63) is 39.1 Å². The van der Waals surface area contributed by atoms with Gasteiger partial charge in [-0.1, -0.05) is 0 Å². The molecule has 2 aromatic heterocycles. The first kappa shape index (κ1) is 11.9. The summed E-state index contributed by atoms with van der Waals surface area (Å²) >= 11 is 1.96. The summed E-state index contributed by atoms with van der Waals surface area (Å²) in [5.41, 5.74) is 2.81. The number of rotatable bonds is 3. The molecule has 0 aromatic carbocycles. The summed E-state index contributed by atoms with van der Waals surface area (Å²) in [6.07, 6.45) is 5.84. The molecule has 1 aliphatic carbocycles.